The van der Waals surface area contributed by atoms with Crippen LogP contribution < -0.4 is 15.8 Å². The van der Waals surface area contributed by atoms with Crippen LogP contribution in [0.25, 0.3) is 0 Å². The molecule has 1 aromatic carbocycles. The first-order valence-corrected chi connectivity index (χ1v) is 8.30. The minimum atomic E-state index is -0.232. The van der Waals surface area contributed by atoms with E-state index in [-0.39, 0.29) is 29.0 Å². The summed E-state index contributed by atoms with van der Waals surface area (Å²) in [6, 6.07) is 11.1. The van der Waals surface area contributed by atoms with Crippen LogP contribution in [0.4, 0.5) is 11.4 Å². The third-order valence-electron chi connectivity index (χ3n) is 4.57. The predicted molar refractivity (Wildman–Crippen MR) is 96.8 cm³/mol. The van der Waals surface area contributed by atoms with E-state index in [1.54, 1.807) is 37.2 Å². The van der Waals surface area contributed by atoms with Gasteiger partial charge in [-0.1, -0.05) is 18.2 Å². The Morgan fingerprint density at radius 3 is 2.72 bits per heavy atom. The fourth-order valence-corrected chi connectivity index (χ4v) is 3.25. The predicted octanol–water partition coefficient (Wildman–Crippen LogP) is 2.25. The van der Waals surface area contributed by atoms with Crippen molar-refractivity contribution < 1.29 is 9.59 Å². The van der Waals surface area contributed by atoms with Gasteiger partial charge in [0.1, 0.15) is 5.69 Å². The van der Waals surface area contributed by atoms with Crippen LogP contribution in [0.15, 0.2) is 47.4 Å². The fraction of sp³-hybridized carbons (Fsp3) is 0.316. The maximum atomic E-state index is 12.2. The summed E-state index contributed by atoms with van der Waals surface area (Å²) in [4.78, 5) is 37.7. The third kappa shape index (κ3) is 3.47. The lowest BCUT2D eigenvalue weighted by molar-refractivity contribution is -0.116. The number of para-hydroxylation sites is 1. The quantitative estimate of drug-likeness (QED) is 0.929. The van der Waals surface area contributed by atoms with E-state index in [0.717, 1.165) is 11.3 Å². The number of hydrogen-bond acceptors (Lipinski definition) is 3. The van der Waals surface area contributed by atoms with Crippen molar-refractivity contribution in [3.63, 3.8) is 0 Å². The van der Waals surface area contributed by atoms with Crippen molar-refractivity contribution >= 4 is 23.2 Å². The number of carbonyl (C=O) groups is 2. The highest BCUT2D eigenvalue weighted by Crippen LogP contribution is 2.38. The van der Waals surface area contributed by atoms with E-state index in [9.17, 15) is 14.4 Å². The molecule has 1 atom stereocenters. The van der Waals surface area contributed by atoms with E-state index in [4.69, 9.17) is 0 Å². The Bertz CT molecular complexity index is 872. The molecular weight excluding hydrogens is 318 g/mol. The Balaban J connectivity index is 1.66. The molecule has 1 aromatic heterocycles. The first-order valence-electron chi connectivity index (χ1n) is 8.30. The molecule has 6 heteroatoms. The number of amides is 2. The topological polar surface area (TPSA) is 71.4 Å². The molecule has 6 nitrogen and oxygen atoms in total. The van der Waals surface area contributed by atoms with Gasteiger partial charge < -0.3 is 14.8 Å². The molecule has 1 N–H and O–H groups in total. The van der Waals surface area contributed by atoms with Crippen LogP contribution in [0, 0.1) is 0 Å². The average Bonchev–Trinajstić information content (AvgIpc) is 2.96. The molecule has 0 bridgehead atoms. The van der Waals surface area contributed by atoms with Crippen LogP contribution in [0.2, 0.25) is 0 Å². The molecule has 3 rings (SSSR count). The zero-order valence-electron chi connectivity index (χ0n) is 14.4. The molecule has 0 saturated heterocycles. The van der Waals surface area contributed by atoms with Crippen molar-refractivity contribution in [3.8, 4) is 0 Å². The number of anilines is 2. The van der Waals surface area contributed by atoms with E-state index < -0.39 is 0 Å². The second kappa shape index (κ2) is 6.93. The van der Waals surface area contributed by atoms with Crippen LogP contribution in [-0.4, -0.2) is 22.9 Å². The summed E-state index contributed by atoms with van der Waals surface area (Å²) in [5.74, 6) is -0.0568. The Kier molecular flexibility index (Phi) is 4.70. The van der Waals surface area contributed by atoms with Crippen molar-refractivity contribution in [1.29, 1.82) is 0 Å². The van der Waals surface area contributed by atoms with Crippen LogP contribution in [0.1, 0.15) is 31.2 Å². The molecule has 1 aliphatic rings. The zero-order valence-corrected chi connectivity index (χ0v) is 14.4. The van der Waals surface area contributed by atoms with Gasteiger partial charge in [-0.05, 0) is 30.2 Å². The van der Waals surface area contributed by atoms with E-state index in [1.165, 1.54) is 4.57 Å². The second-order valence-electron chi connectivity index (χ2n) is 6.31. The number of aryl methyl sites for hydroxylation is 1. The van der Waals surface area contributed by atoms with Crippen LogP contribution in [0.5, 0.6) is 0 Å². The summed E-state index contributed by atoms with van der Waals surface area (Å²) in [6.45, 7) is 2.14. The molecule has 0 radical (unpaired) electrons. The van der Waals surface area contributed by atoms with E-state index in [0.29, 0.717) is 19.4 Å². The number of rotatable bonds is 4. The Morgan fingerprint density at radius 2 is 1.96 bits per heavy atom. The van der Waals surface area contributed by atoms with Gasteiger partial charge in [-0.15, -0.1) is 0 Å². The maximum absolute atomic E-state index is 12.2. The van der Waals surface area contributed by atoms with Crippen molar-refractivity contribution in [2.45, 2.75) is 25.7 Å². The zero-order chi connectivity index (χ0) is 18.0. The largest absolute Gasteiger partial charge is 0.321 e. The standard InChI is InChI=1S/C19H21N3O3/c1-13(23)22-12-14(15-6-3-4-8-17(15)22)9-10-18(24)20-16-7-5-11-21(2)19(16)25/h3-8,11,14H,9-10,12H2,1-2H3,(H,20,24)/t14-/m1/s1. The molecule has 0 fully saturated rings. The van der Waals surface area contributed by atoms with Gasteiger partial charge >= 0.3 is 0 Å². The van der Waals surface area contributed by atoms with Crippen LogP contribution in [0.3, 0.4) is 0 Å². The fourth-order valence-electron chi connectivity index (χ4n) is 3.25. The van der Waals surface area contributed by atoms with E-state index >= 15 is 0 Å². The average molecular weight is 339 g/mol. The minimum absolute atomic E-state index is 0.00665. The number of nitrogens with zero attached hydrogens (tertiary/aromatic N) is 2. The van der Waals surface area contributed by atoms with Gasteiger partial charge in [0, 0.05) is 44.7 Å². The van der Waals surface area contributed by atoms with Crippen molar-refractivity contribution in [3.05, 3.63) is 58.5 Å². The summed E-state index contributed by atoms with van der Waals surface area (Å²) >= 11 is 0. The highest BCUT2D eigenvalue weighted by Gasteiger charge is 2.30. The molecule has 0 saturated carbocycles. The summed E-state index contributed by atoms with van der Waals surface area (Å²) in [5, 5.41) is 2.68. The van der Waals surface area contributed by atoms with Gasteiger partial charge in [0.2, 0.25) is 11.8 Å². The molecule has 25 heavy (non-hydrogen) atoms. The van der Waals surface area contributed by atoms with Crippen molar-refractivity contribution in [2.75, 3.05) is 16.8 Å². The first kappa shape index (κ1) is 17.0. The maximum Gasteiger partial charge on any atom is 0.274 e. The van der Waals surface area contributed by atoms with Crippen molar-refractivity contribution in [2.24, 2.45) is 7.05 Å². The van der Waals surface area contributed by atoms with Gasteiger partial charge in [0.15, 0.2) is 0 Å². The number of pyridine rings is 1. The summed E-state index contributed by atoms with van der Waals surface area (Å²) in [6.07, 6.45) is 2.56. The SMILES string of the molecule is CC(=O)N1C[C@@H](CCC(=O)Nc2cccn(C)c2=O)c2ccccc21. The number of benzene rings is 1. The van der Waals surface area contributed by atoms with Crippen LogP contribution in [-0.2, 0) is 16.6 Å². The molecule has 0 spiro atoms. The highest BCUT2D eigenvalue weighted by atomic mass is 16.2. The van der Waals surface area contributed by atoms with Crippen LogP contribution >= 0.6 is 0 Å². The Hall–Kier alpha value is -2.89. The number of aromatic nitrogens is 1. The summed E-state index contributed by atoms with van der Waals surface area (Å²) < 4.78 is 1.42. The lowest BCUT2D eigenvalue weighted by Gasteiger charge is -2.15. The number of carbonyl (C=O) groups excluding carboxylic acids is 2. The van der Waals surface area contributed by atoms with Gasteiger partial charge in [-0.3, -0.25) is 14.4 Å². The lowest BCUT2D eigenvalue weighted by atomic mass is 9.96. The number of hydrogen-bond donors (Lipinski definition) is 1. The third-order valence-corrected chi connectivity index (χ3v) is 4.57. The van der Waals surface area contributed by atoms with Crippen molar-refractivity contribution in [1.82, 2.24) is 4.57 Å². The lowest BCUT2D eigenvalue weighted by Crippen LogP contribution is -2.27. The van der Waals surface area contributed by atoms with Gasteiger partial charge in [-0.2, -0.15) is 0 Å². The number of fused-ring (bicyclic) bond motifs is 1. The number of nitrogens with one attached hydrogen (secondary N) is 1. The molecule has 0 unspecified atom stereocenters. The Labute approximate surface area is 146 Å². The molecular formula is C19H21N3O3. The molecule has 1 aliphatic heterocycles. The van der Waals surface area contributed by atoms with Gasteiger partial charge in [-0.25, -0.2) is 0 Å². The Morgan fingerprint density at radius 1 is 1.20 bits per heavy atom. The highest BCUT2D eigenvalue weighted by molar-refractivity contribution is 5.94. The first-order chi connectivity index (χ1) is 12.0. The van der Waals surface area contributed by atoms with E-state index in [2.05, 4.69) is 5.32 Å². The normalized spacial score (nSPS) is 15.8. The van der Waals surface area contributed by atoms with Gasteiger partial charge in [0.05, 0.1) is 0 Å². The van der Waals surface area contributed by atoms with Gasteiger partial charge in [0.25, 0.3) is 5.56 Å². The smallest absolute Gasteiger partial charge is 0.274 e. The molecule has 2 amide bonds. The molecule has 2 heterocycles. The second-order valence-corrected chi connectivity index (χ2v) is 6.31. The molecule has 2 aromatic rings. The monoisotopic (exact) mass is 339 g/mol. The minimum Gasteiger partial charge on any atom is -0.321 e. The summed E-state index contributed by atoms with van der Waals surface area (Å²) in [7, 11) is 1.64. The summed E-state index contributed by atoms with van der Waals surface area (Å²) in [5.41, 5.74) is 2.08. The van der Waals surface area contributed by atoms with E-state index in [1.807, 2.05) is 24.3 Å². The molecule has 130 valence electrons. The molecule has 0 aliphatic carbocycles.